The van der Waals surface area contributed by atoms with Gasteiger partial charge in [0, 0.05) is 0 Å². The summed E-state index contributed by atoms with van der Waals surface area (Å²) < 4.78 is 0. The minimum atomic E-state index is -0.603. The van der Waals surface area contributed by atoms with Gasteiger partial charge in [0.05, 0.1) is 5.60 Å². The van der Waals surface area contributed by atoms with Crippen molar-refractivity contribution in [2.75, 3.05) is 0 Å². The first kappa shape index (κ1) is 13.6. The quantitative estimate of drug-likeness (QED) is 0.829. The van der Waals surface area contributed by atoms with Gasteiger partial charge in [-0.05, 0) is 54.0 Å². The van der Waals surface area contributed by atoms with E-state index in [4.69, 9.17) is 0 Å². The van der Waals surface area contributed by atoms with Crippen molar-refractivity contribution in [1.29, 1.82) is 0 Å². The molecule has 1 nitrogen and oxygen atoms in total. The third kappa shape index (κ3) is 2.60. The Morgan fingerprint density at radius 3 is 2.45 bits per heavy atom. The van der Waals surface area contributed by atoms with Gasteiger partial charge in [-0.15, -0.1) is 0 Å². The van der Waals surface area contributed by atoms with Crippen LogP contribution in [-0.2, 0) is 5.60 Å². The molecule has 1 aliphatic carbocycles. The lowest BCUT2D eigenvalue weighted by Gasteiger charge is -2.36. The predicted octanol–water partition coefficient (Wildman–Crippen LogP) is 5.02. The highest BCUT2D eigenvalue weighted by Gasteiger charge is 2.34. The van der Waals surface area contributed by atoms with Crippen molar-refractivity contribution in [2.45, 2.75) is 51.0 Å². The minimum Gasteiger partial charge on any atom is -0.385 e. The smallest absolute Gasteiger partial charge is 0.0897 e. The number of hydrogen-bond donors (Lipinski definition) is 1. The van der Waals surface area contributed by atoms with E-state index in [1.54, 1.807) is 0 Å². The molecule has 1 heteroatoms. The Bertz CT molecular complexity index is 579. The standard InChI is InChI=1S/C19H24O/c1-2-5-15-10-12-19(20,13-11-15)18-9-8-16-6-3-4-7-17(16)14-18/h3-4,6-9,14-15,20H,2,5,10-13H2,1H3. The van der Waals surface area contributed by atoms with Crippen LogP contribution >= 0.6 is 0 Å². The fourth-order valence-electron chi connectivity index (χ4n) is 3.62. The van der Waals surface area contributed by atoms with Crippen molar-refractivity contribution in [3.05, 3.63) is 48.0 Å². The summed E-state index contributed by atoms with van der Waals surface area (Å²) in [6.45, 7) is 2.25. The molecule has 0 spiro atoms. The summed E-state index contributed by atoms with van der Waals surface area (Å²) in [6.07, 6.45) is 6.73. The second-order valence-electron chi connectivity index (χ2n) is 6.33. The number of fused-ring (bicyclic) bond motifs is 1. The first-order chi connectivity index (χ1) is 9.71. The Morgan fingerprint density at radius 1 is 1.05 bits per heavy atom. The number of hydrogen-bond acceptors (Lipinski definition) is 1. The van der Waals surface area contributed by atoms with Gasteiger partial charge in [-0.1, -0.05) is 56.2 Å². The summed E-state index contributed by atoms with van der Waals surface area (Å²) in [5.74, 6) is 0.820. The van der Waals surface area contributed by atoms with Gasteiger partial charge in [0.25, 0.3) is 0 Å². The summed E-state index contributed by atoms with van der Waals surface area (Å²) in [5.41, 5.74) is 0.500. The van der Waals surface area contributed by atoms with Crippen LogP contribution < -0.4 is 0 Å². The van der Waals surface area contributed by atoms with Gasteiger partial charge < -0.3 is 5.11 Å². The summed E-state index contributed by atoms with van der Waals surface area (Å²) in [6, 6.07) is 14.8. The van der Waals surface area contributed by atoms with Crippen molar-refractivity contribution in [2.24, 2.45) is 5.92 Å². The Hall–Kier alpha value is -1.34. The molecule has 106 valence electrons. The normalized spacial score (nSPS) is 26.8. The summed E-state index contributed by atoms with van der Waals surface area (Å²) in [7, 11) is 0. The monoisotopic (exact) mass is 268 g/mol. The van der Waals surface area contributed by atoms with Gasteiger partial charge in [0.1, 0.15) is 0 Å². The van der Waals surface area contributed by atoms with Crippen LogP contribution in [0.4, 0.5) is 0 Å². The van der Waals surface area contributed by atoms with Crippen molar-refractivity contribution >= 4 is 10.8 Å². The highest BCUT2D eigenvalue weighted by Crippen LogP contribution is 2.41. The number of aliphatic hydroxyl groups is 1. The molecule has 2 aromatic carbocycles. The molecular weight excluding hydrogens is 244 g/mol. The van der Waals surface area contributed by atoms with Crippen LogP contribution in [0.2, 0.25) is 0 Å². The summed E-state index contributed by atoms with van der Waals surface area (Å²) in [4.78, 5) is 0. The molecule has 0 aromatic heterocycles. The molecule has 0 atom stereocenters. The molecular formula is C19H24O. The first-order valence-corrected chi connectivity index (χ1v) is 7.93. The zero-order valence-electron chi connectivity index (χ0n) is 12.3. The van der Waals surface area contributed by atoms with Crippen LogP contribution in [0.1, 0.15) is 51.0 Å². The van der Waals surface area contributed by atoms with E-state index in [1.165, 1.54) is 23.6 Å². The Labute approximate surface area is 121 Å². The highest BCUT2D eigenvalue weighted by molar-refractivity contribution is 5.83. The molecule has 20 heavy (non-hydrogen) atoms. The maximum Gasteiger partial charge on any atom is 0.0897 e. The third-order valence-electron chi connectivity index (χ3n) is 4.92. The molecule has 1 saturated carbocycles. The van der Waals surface area contributed by atoms with Gasteiger partial charge in [-0.2, -0.15) is 0 Å². The molecule has 3 rings (SSSR count). The molecule has 0 unspecified atom stereocenters. The van der Waals surface area contributed by atoms with Crippen LogP contribution in [0.25, 0.3) is 10.8 Å². The van der Waals surface area contributed by atoms with Gasteiger partial charge in [-0.3, -0.25) is 0 Å². The van der Waals surface area contributed by atoms with Crippen LogP contribution in [-0.4, -0.2) is 5.11 Å². The molecule has 2 aromatic rings. The van der Waals surface area contributed by atoms with Crippen molar-refractivity contribution < 1.29 is 5.11 Å². The molecule has 0 heterocycles. The lowest BCUT2D eigenvalue weighted by molar-refractivity contribution is -0.0151. The van der Waals surface area contributed by atoms with Crippen LogP contribution in [0.15, 0.2) is 42.5 Å². The molecule has 0 aliphatic heterocycles. The van der Waals surface area contributed by atoms with Gasteiger partial charge >= 0.3 is 0 Å². The maximum absolute atomic E-state index is 11.0. The predicted molar refractivity (Wildman–Crippen MR) is 84.7 cm³/mol. The lowest BCUT2D eigenvalue weighted by atomic mass is 9.74. The van der Waals surface area contributed by atoms with E-state index >= 15 is 0 Å². The topological polar surface area (TPSA) is 20.2 Å². The molecule has 0 bridgehead atoms. The second-order valence-corrected chi connectivity index (χ2v) is 6.33. The molecule has 0 saturated heterocycles. The Balaban J connectivity index is 1.83. The van der Waals surface area contributed by atoms with E-state index in [0.717, 1.165) is 37.2 Å². The van der Waals surface area contributed by atoms with Gasteiger partial charge in [0.15, 0.2) is 0 Å². The van der Waals surface area contributed by atoms with E-state index in [0.29, 0.717) is 0 Å². The third-order valence-corrected chi connectivity index (χ3v) is 4.92. The zero-order valence-corrected chi connectivity index (χ0v) is 12.3. The Morgan fingerprint density at radius 2 is 1.75 bits per heavy atom. The fourth-order valence-corrected chi connectivity index (χ4v) is 3.62. The number of rotatable bonds is 3. The van der Waals surface area contributed by atoms with Crippen LogP contribution in [0.3, 0.4) is 0 Å². The minimum absolute atomic E-state index is 0.603. The van der Waals surface area contributed by atoms with E-state index in [9.17, 15) is 5.11 Å². The van der Waals surface area contributed by atoms with E-state index in [-0.39, 0.29) is 0 Å². The first-order valence-electron chi connectivity index (χ1n) is 7.93. The van der Waals surface area contributed by atoms with Crippen LogP contribution in [0, 0.1) is 5.92 Å². The maximum atomic E-state index is 11.0. The van der Waals surface area contributed by atoms with Crippen LogP contribution in [0.5, 0.6) is 0 Å². The van der Waals surface area contributed by atoms with E-state index in [2.05, 4.69) is 49.4 Å². The zero-order chi connectivity index (χ0) is 14.0. The van der Waals surface area contributed by atoms with Gasteiger partial charge in [0.2, 0.25) is 0 Å². The average molecular weight is 268 g/mol. The summed E-state index contributed by atoms with van der Waals surface area (Å²) in [5, 5.41) is 13.5. The largest absolute Gasteiger partial charge is 0.385 e. The van der Waals surface area contributed by atoms with E-state index in [1.807, 2.05) is 0 Å². The van der Waals surface area contributed by atoms with Crippen molar-refractivity contribution in [1.82, 2.24) is 0 Å². The highest BCUT2D eigenvalue weighted by atomic mass is 16.3. The molecule has 1 N–H and O–H groups in total. The SMILES string of the molecule is CCCC1CCC(O)(c2ccc3ccccc3c2)CC1. The molecule has 0 radical (unpaired) electrons. The lowest BCUT2D eigenvalue weighted by Crippen LogP contribution is -2.31. The van der Waals surface area contributed by atoms with Crippen molar-refractivity contribution in [3.63, 3.8) is 0 Å². The van der Waals surface area contributed by atoms with Crippen molar-refractivity contribution in [3.8, 4) is 0 Å². The molecule has 0 amide bonds. The molecule has 1 aliphatic rings. The van der Waals surface area contributed by atoms with Gasteiger partial charge in [-0.25, -0.2) is 0 Å². The summed E-state index contributed by atoms with van der Waals surface area (Å²) >= 11 is 0. The molecule has 1 fully saturated rings. The number of benzene rings is 2. The second kappa shape index (κ2) is 5.57. The van der Waals surface area contributed by atoms with E-state index < -0.39 is 5.60 Å². The average Bonchev–Trinajstić information content (AvgIpc) is 2.49. The fraction of sp³-hybridized carbons (Fsp3) is 0.474. The Kier molecular flexibility index (Phi) is 3.80.